The third-order valence-corrected chi connectivity index (χ3v) is 4.72. The molecule has 0 atom stereocenters. The molecule has 0 spiro atoms. The van der Waals surface area contributed by atoms with Crippen LogP contribution in [0.5, 0.6) is 0 Å². The fourth-order valence-corrected chi connectivity index (χ4v) is 3.10. The summed E-state index contributed by atoms with van der Waals surface area (Å²) in [6.45, 7) is 13.9. The van der Waals surface area contributed by atoms with Gasteiger partial charge < -0.3 is 0 Å². The van der Waals surface area contributed by atoms with Crippen molar-refractivity contribution in [3.05, 3.63) is 71.8 Å². The van der Waals surface area contributed by atoms with Crippen LogP contribution in [0.3, 0.4) is 0 Å². The highest BCUT2D eigenvalue weighted by molar-refractivity contribution is 5.15. The number of hydrogen-bond acceptors (Lipinski definition) is 0. The molecular formula is C27H42. The zero-order valence-corrected chi connectivity index (χ0v) is 18.7. The molecule has 2 aromatic rings. The molecule has 0 saturated heterocycles. The standard InChI is InChI=1S/C14H22.C13H20/c1-14(2,3)12-8-7-11-13-9-5-4-6-10-13;1-13(2,3)11-7-10-12-8-5-4-6-9-12/h4-6,9-10H,7-8,11-12H2,1-3H3;4-6,8-9H,7,10-11H2,1-3H3. The van der Waals surface area contributed by atoms with Gasteiger partial charge in [-0.3, -0.25) is 0 Å². The molecule has 0 saturated carbocycles. The molecule has 27 heavy (non-hydrogen) atoms. The summed E-state index contributed by atoms with van der Waals surface area (Å²) in [5.41, 5.74) is 3.92. The van der Waals surface area contributed by atoms with Crippen molar-refractivity contribution in [3.8, 4) is 0 Å². The van der Waals surface area contributed by atoms with Crippen LogP contribution in [0.25, 0.3) is 0 Å². The van der Waals surface area contributed by atoms with Crippen LogP contribution in [-0.2, 0) is 12.8 Å². The van der Waals surface area contributed by atoms with E-state index in [2.05, 4.69) is 102 Å². The minimum atomic E-state index is 0.481. The molecule has 0 amide bonds. The molecule has 0 aliphatic carbocycles. The largest absolute Gasteiger partial charge is 0.0622 e. The van der Waals surface area contributed by atoms with E-state index in [1.807, 2.05) is 0 Å². The Bertz CT molecular complexity index is 581. The first-order chi connectivity index (χ1) is 12.7. The average Bonchev–Trinajstić information content (AvgIpc) is 2.59. The van der Waals surface area contributed by atoms with Gasteiger partial charge in [-0.2, -0.15) is 0 Å². The molecule has 0 unspecified atom stereocenters. The van der Waals surface area contributed by atoms with Gasteiger partial charge in [0.05, 0.1) is 0 Å². The van der Waals surface area contributed by atoms with Crippen molar-refractivity contribution < 1.29 is 0 Å². The molecule has 0 N–H and O–H groups in total. The van der Waals surface area contributed by atoms with Crippen LogP contribution in [0.4, 0.5) is 0 Å². The summed E-state index contributed by atoms with van der Waals surface area (Å²) in [6.07, 6.45) is 9.06. The second-order valence-corrected chi connectivity index (χ2v) is 10.2. The third kappa shape index (κ3) is 14.2. The quantitative estimate of drug-likeness (QED) is 0.431. The minimum absolute atomic E-state index is 0.481. The van der Waals surface area contributed by atoms with E-state index >= 15 is 0 Å². The van der Waals surface area contributed by atoms with Crippen LogP contribution in [0.2, 0.25) is 0 Å². The summed E-state index contributed by atoms with van der Waals surface area (Å²) in [6, 6.07) is 21.5. The van der Waals surface area contributed by atoms with Crippen LogP contribution in [-0.4, -0.2) is 0 Å². The van der Waals surface area contributed by atoms with E-state index in [9.17, 15) is 0 Å². The monoisotopic (exact) mass is 366 g/mol. The van der Waals surface area contributed by atoms with Crippen LogP contribution in [0, 0.1) is 10.8 Å². The zero-order chi connectivity index (χ0) is 20.2. The lowest BCUT2D eigenvalue weighted by Gasteiger charge is -2.17. The lowest BCUT2D eigenvalue weighted by Crippen LogP contribution is -2.04. The summed E-state index contributed by atoms with van der Waals surface area (Å²) in [4.78, 5) is 0. The van der Waals surface area contributed by atoms with Gasteiger partial charge >= 0.3 is 0 Å². The maximum Gasteiger partial charge on any atom is -0.0279 e. The number of aryl methyl sites for hydroxylation is 2. The predicted molar refractivity (Wildman–Crippen MR) is 122 cm³/mol. The first-order valence-corrected chi connectivity index (χ1v) is 10.7. The Morgan fingerprint density at radius 1 is 0.481 bits per heavy atom. The Labute approximate surface area is 169 Å². The molecule has 0 aliphatic rings. The van der Waals surface area contributed by atoms with Crippen molar-refractivity contribution in [2.24, 2.45) is 10.8 Å². The molecule has 0 aliphatic heterocycles. The van der Waals surface area contributed by atoms with Crippen LogP contribution >= 0.6 is 0 Å². The molecule has 0 heteroatoms. The van der Waals surface area contributed by atoms with Crippen molar-refractivity contribution in [3.63, 3.8) is 0 Å². The fraction of sp³-hybridized carbons (Fsp3) is 0.556. The van der Waals surface area contributed by atoms with Crippen LogP contribution < -0.4 is 0 Å². The topological polar surface area (TPSA) is 0 Å². The summed E-state index contributed by atoms with van der Waals surface area (Å²) in [5.74, 6) is 0. The molecule has 150 valence electrons. The van der Waals surface area contributed by atoms with Gasteiger partial charge in [0.1, 0.15) is 0 Å². The van der Waals surface area contributed by atoms with E-state index in [0.717, 1.165) is 0 Å². The maximum absolute atomic E-state index is 2.31. The van der Waals surface area contributed by atoms with E-state index in [1.165, 1.54) is 56.1 Å². The first-order valence-electron chi connectivity index (χ1n) is 10.7. The van der Waals surface area contributed by atoms with Gasteiger partial charge in [-0.15, -0.1) is 0 Å². The van der Waals surface area contributed by atoms with Crippen molar-refractivity contribution >= 4 is 0 Å². The third-order valence-electron chi connectivity index (χ3n) is 4.72. The Balaban J connectivity index is 0.000000271. The summed E-state index contributed by atoms with van der Waals surface area (Å²) >= 11 is 0. The van der Waals surface area contributed by atoms with Gasteiger partial charge in [-0.1, -0.05) is 109 Å². The molecule has 0 radical (unpaired) electrons. The fourth-order valence-electron chi connectivity index (χ4n) is 3.10. The van der Waals surface area contributed by atoms with Gasteiger partial charge in [-0.25, -0.2) is 0 Å². The first kappa shape index (κ1) is 23.5. The van der Waals surface area contributed by atoms with E-state index in [0.29, 0.717) is 10.8 Å². The summed E-state index contributed by atoms with van der Waals surface area (Å²) < 4.78 is 0. The molecular weight excluding hydrogens is 324 g/mol. The Morgan fingerprint density at radius 3 is 1.26 bits per heavy atom. The number of hydrogen-bond donors (Lipinski definition) is 0. The molecule has 2 rings (SSSR count). The van der Waals surface area contributed by atoms with Crippen molar-refractivity contribution in [2.45, 2.75) is 86.5 Å². The lowest BCUT2D eigenvalue weighted by molar-refractivity contribution is 0.360. The Hall–Kier alpha value is -1.56. The van der Waals surface area contributed by atoms with Gasteiger partial charge in [0.15, 0.2) is 0 Å². The van der Waals surface area contributed by atoms with E-state index in [-0.39, 0.29) is 0 Å². The number of benzene rings is 2. The molecule has 0 heterocycles. The van der Waals surface area contributed by atoms with E-state index < -0.39 is 0 Å². The summed E-state index contributed by atoms with van der Waals surface area (Å²) in [5, 5.41) is 0. The number of rotatable bonds is 7. The van der Waals surface area contributed by atoms with Crippen molar-refractivity contribution in [1.29, 1.82) is 0 Å². The molecule has 0 aromatic heterocycles. The molecule has 0 nitrogen and oxygen atoms in total. The normalized spacial score (nSPS) is 11.6. The van der Waals surface area contributed by atoms with Gasteiger partial charge in [0.25, 0.3) is 0 Å². The summed E-state index contributed by atoms with van der Waals surface area (Å²) in [7, 11) is 0. The van der Waals surface area contributed by atoms with Gasteiger partial charge in [-0.05, 0) is 60.5 Å². The second kappa shape index (κ2) is 12.0. The van der Waals surface area contributed by atoms with Crippen LogP contribution in [0.15, 0.2) is 60.7 Å². The highest BCUT2D eigenvalue weighted by Crippen LogP contribution is 2.22. The van der Waals surface area contributed by atoms with Gasteiger partial charge in [0, 0.05) is 0 Å². The number of unbranched alkanes of at least 4 members (excludes halogenated alkanes) is 1. The Morgan fingerprint density at radius 2 is 0.852 bits per heavy atom. The van der Waals surface area contributed by atoms with Crippen LogP contribution in [0.1, 0.15) is 84.8 Å². The van der Waals surface area contributed by atoms with E-state index in [1.54, 1.807) is 0 Å². The zero-order valence-electron chi connectivity index (χ0n) is 18.7. The SMILES string of the molecule is CC(C)(C)CCCCc1ccccc1.CC(C)(C)CCCc1ccccc1. The second-order valence-electron chi connectivity index (χ2n) is 10.2. The smallest absolute Gasteiger partial charge is 0.0279 e. The predicted octanol–water partition coefficient (Wildman–Crippen LogP) is 8.50. The minimum Gasteiger partial charge on any atom is -0.0622 e. The lowest BCUT2D eigenvalue weighted by atomic mass is 9.89. The highest BCUT2D eigenvalue weighted by atomic mass is 14.1. The maximum atomic E-state index is 2.31. The van der Waals surface area contributed by atoms with Crippen molar-refractivity contribution in [1.82, 2.24) is 0 Å². The van der Waals surface area contributed by atoms with Crippen molar-refractivity contribution in [2.75, 3.05) is 0 Å². The molecule has 0 fully saturated rings. The van der Waals surface area contributed by atoms with Gasteiger partial charge in [0.2, 0.25) is 0 Å². The average molecular weight is 367 g/mol. The molecule has 0 bridgehead atoms. The Kier molecular flexibility index (Phi) is 10.4. The molecule has 2 aromatic carbocycles. The van der Waals surface area contributed by atoms with E-state index in [4.69, 9.17) is 0 Å². The highest BCUT2D eigenvalue weighted by Gasteiger charge is 2.09.